The third kappa shape index (κ3) is 5.04. The lowest BCUT2D eigenvalue weighted by Crippen LogP contribution is -2.52. The van der Waals surface area contributed by atoms with Crippen LogP contribution in [-0.2, 0) is 9.53 Å². The molecular weight excluding hydrogens is 226 g/mol. The molecule has 2 N–H and O–H groups in total. The molecule has 1 amide bonds. The van der Waals surface area contributed by atoms with Gasteiger partial charge >= 0.3 is 12.1 Å². The van der Waals surface area contributed by atoms with Crippen LogP contribution in [0.1, 0.15) is 34.6 Å². The fraction of sp³-hybridized carbons (Fsp3) is 0.818. The lowest BCUT2D eigenvalue weighted by Gasteiger charge is -2.33. The zero-order valence-electron chi connectivity index (χ0n) is 10.9. The van der Waals surface area contributed by atoms with Crippen molar-refractivity contribution in [3.05, 3.63) is 0 Å². The standard InChI is InChI=1S/C11H21NO5/c1-7(2)12(8(6-13)9(14)15)10(16)17-11(3,4)5/h7-8,13H,6H2,1-5H3,(H,14,15). The maximum Gasteiger partial charge on any atom is 0.411 e. The van der Waals surface area contributed by atoms with Gasteiger partial charge in [-0.1, -0.05) is 0 Å². The van der Waals surface area contributed by atoms with Crippen LogP contribution in [0.4, 0.5) is 4.79 Å². The first-order valence-corrected chi connectivity index (χ1v) is 5.45. The van der Waals surface area contributed by atoms with Crippen molar-refractivity contribution in [1.29, 1.82) is 0 Å². The van der Waals surface area contributed by atoms with Crippen LogP contribution in [-0.4, -0.2) is 51.5 Å². The fourth-order valence-electron chi connectivity index (χ4n) is 1.30. The molecule has 100 valence electrons. The van der Waals surface area contributed by atoms with E-state index in [4.69, 9.17) is 14.9 Å². The van der Waals surface area contributed by atoms with Gasteiger partial charge in [0.25, 0.3) is 0 Å². The summed E-state index contributed by atoms with van der Waals surface area (Å²) < 4.78 is 5.11. The molecule has 6 nitrogen and oxygen atoms in total. The second-order valence-electron chi connectivity index (χ2n) is 5.02. The normalized spacial score (nSPS) is 13.4. The minimum Gasteiger partial charge on any atom is -0.480 e. The van der Waals surface area contributed by atoms with Gasteiger partial charge in [-0.15, -0.1) is 0 Å². The second-order valence-corrected chi connectivity index (χ2v) is 5.02. The van der Waals surface area contributed by atoms with Gasteiger partial charge in [0.1, 0.15) is 5.60 Å². The van der Waals surface area contributed by atoms with Gasteiger partial charge < -0.3 is 14.9 Å². The molecule has 1 atom stereocenters. The average molecular weight is 247 g/mol. The molecule has 0 aliphatic rings. The van der Waals surface area contributed by atoms with E-state index in [1.807, 2.05) is 0 Å². The average Bonchev–Trinajstić information content (AvgIpc) is 2.08. The van der Waals surface area contributed by atoms with E-state index in [1.165, 1.54) is 0 Å². The van der Waals surface area contributed by atoms with E-state index < -0.39 is 30.3 Å². The molecule has 0 heterocycles. The van der Waals surface area contributed by atoms with Crippen LogP contribution in [0.25, 0.3) is 0 Å². The molecule has 0 fully saturated rings. The Morgan fingerprint density at radius 2 is 1.76 bits per heavy atom. The van der Waals surface area contributed by atoms with Crippen molar-refractivity contribution in [1.82, 2.24) is 4.90 Å². The van der Waals surface area contributed by atoms with Gasteiger partial charge in [-0.25, -0.2) is 9.59 Å². The third-order valence-corrected chi connectivity index (χ3v) is 1.95. The number of carboxylic acids is 1. The predicted molar refractivity (Wildman–Crippen MR) is 61.7 cm³/mol. The lowest BCUT2D eigenvalue weighted by molar-refractivity contribution is -0.145. The molecule has 0 radical (unpaired) electrons. The van der Waals surface area contributed by atoms with E-state index in [0.717, 1.165) is 4.90 Å². The first kappa shape index (κ1) is 15.7. The summed E-state index contributed by atoms with van der Waals surface area (Å²) in [7, 11) is 0. The molecule has 0 rings (SSSR count). The molecule has 17 heavy (non-hydrogen) atoms. The van der Waals surface area contributed by atoms with Crippen LogP contribution in [0.15, 0.2) is 0 Å². The number of hydrogen-bond donors (Lipinski definition) is 2. The molecule has 0 aromatic heterocycles. The van der Waals surface area contributed by atoms with E-state index in [9.17, 15) is 9.59 Å². The Kier molecular flexibility index (Phi) is 5.41. The molecule has 6 heteroatoms. The van der Waals surface area contributed by atoms with Crippen LogP contribution < -0.4 is 0 Å². The summed E-state index contributed by atoms with van der Waals surface area (Å²) in [6.45, 7) is 7.76. The zero-order chi connectivity index (χ0) is 13.8. The summed E-state index contributed by atoms with van der Waals surface area (Å²) in [6.07, 6.45) is -0.742. The summed E-state index contributed by atoms with van der Waals surface area (Å²) in [5.74, 6) is -1.26. The number of rotatable bonds is 4. The SMILES string of the molecule is CC(C)N(C(=O)OC(C)(C)C)C(CO)C(=O)O. The highest BCUT2D eigenvalue weighted by Gasteiger charge is 2.34. The molecule has 0 saturated carbocycles. The Morgan fingerprint density at radius 3 is 2.00 bits per heavy atom. The molecule has 0 aromatic rings. The summed E-state index contributed by atoms with van der Waals surface area (Å²) in [6, 6.07) is -1.66. The Balaban J connectivity index is 4.97. The fourth-order valence-corrected chi connectivity index (χ4v) is 1.30. The van der Waals surface area contributed by atoms with Crippen molar-refractivity contribution in [3.63, 3.8) is 0 Å². The van der Waals surface area contributed by atoms with Crippen LogP contribution >= 0.6 is 0 Å². The first-order valence-electron chi connectivity index (χ1n) is 5.45. The van der Waals surface area contributed by atoms with Crippen molar-refractivity contribution in [2.45, 2.75) is 52.3 Å². The number of carbonyl (C=O) groups excluding carboxylic acids is 1. The van der Waals surface area contributed by atoms with Crippen LogP contribution in [0.5, 0.6) is 0 Å². The highest BCUT2D eigenvalue weighted by molar-refractivity contribution is 5.80. The Hall–Kier alpha value is -1.30. The van der Waals surface area contributed by atoms with Crippen LogP contribution in [0, 0.1) is 0 Å². The molecule has 0 aliphatic carbocycles. The first-order chi connectivity index (χ1) is 7.60. The highest BCUT2D eigenvalue weighted by Crippen LogP contribution is 2.14. The number of aliphatic hydroxyl groups is 1. The lowest BCUT2D eigenvalue weighted by atomic mass is 10.2. The van der Waals surface area contributed by atoms with Crippen molar-refractivity contribution < 1.29 is 24.5 Å². The number of aliphatic hydroxyl groups excluding tert-OH is 1. The van der Waals surface area contributed by atoms with E-state index in [1.54, 1.807) is 34.6 Å². The summed E-state index contributed by atoms with van der Waals surface area (Å²) in [4.78, 5) is 23.8. The van der Waals surface area contributed by atoms with Crippen molar-refractivity contribution in [2.24, 2.45) is 0 Å². The number of carbonyl (C=O) groups is 2. The van der Waals surface area contributed by atoms with Crippen molar-refractivity contribution >= 4 is 12.1 Å². The van der Waals surface area contributed by atoms with Gasteiger partial charge in [0.2, 0.25) is 0 Å². The number of hydrogen-bond acceptors (Lipinski definition) is 4. The maximum absolute atomic E-state index is 11.8. The van der Waals surface area contributed by atoms with Crippen molar-refractivity contribution in [3.8, 4) is 0 Å². The largest absolute Gasteiger partial charge is 0.480 e. The van der Waals surface area contributed by atoms with Gasteiger partial charge in [-0.3, -0.25) is 4.90 Å². The van der Waals surface area contributed by atoms with Gasteiger partial charge in [0, 0.05) is 6.04 Å². The topological polar surface area (TPSA) is 87.1 Å². The molecule has 1 unspecified atom stereocenters. The monoisotopic (exact) mass is 247 g/mol. The second kappa shape index (κ2) is 5.86. The third-order valence-electron chi connectivity index (χ3n) is 1.95. The van der Waals surface area contributed by atoms with Gasteiger partial charge in [-0.05, 0) is 34.6 Å². The van der Waals surface area contributed by atoms with E-state index in [0.29, 0.717) is 0 Å². The highest BCUT2D eigenvalue weighted by atomic mass is 16.6. The number of nitrogens with zero attached hydrogens (tertiary/aromatic N) is 1. The number of amides is 1. The quantitative estimate of drug-likeness (QED) is 0.776. The number of ether oxygens (including phenoxy) is 1. The van der Waals surface area contributed by atoms with E-state index in [-0.39, 0.29) is 6.04 Å². The Morgan fingerprint density at radius 1 is 1.29 bits per heavy atom. The summed E-state index contributed by atoms with van der Waals surface area (Å²) in [5.41, 5.74) is -0.706. The molecule has 0 spiro atoms. The Bertz CT molecular complexity index is 282. The molecule has 0 saturated heterocycles. The maximum atomic E-state index is 11.8. The molecule has 0 aromatic carbocycles. The van der Waals surface area contributed by atoms with Gasteiger partial charge in [0.15, 0.2) is 6.04 Å². The number of carboxylic acid groups (broad SMARTS) is 1. The van der Waals surface area contributed by atoms with Gasteiger partial charge in [-0.2, -0.15) is 0 Å². The zero-order valence-corrected chi connectivity index (χ0v) is 10.9. The van der Waals surface area contributed by atoms with Crippen LogP contribution in [0.3, 0.4) is 0 Å². The van der Waals surface area contributed by atoms with E-state index in [2.05, 4.69) is 0 Å². The summed E-state index contributed by atoms with van der Waals surface area (Å²) >= 11 is 0. The predicted octanol–water partition coefficient (Wildman–Crippen LogP) is 1.08. The minimum atomic E-state index is -1.29. The van der Waals surface area contributed by atoms with E-state index >= 15 is 0 Å². The summed E-state index contributed by atoms with van der Waals surface area (Å²) in [5, 5.41) is 18.0. The molecule has 0 aliphatic heterocycles. The number of aliphatic carboxylic acids is 1. The smallest absolute Gasteiger partial charge is 0.411 e. The minimum absolute atomic E-state index is 0.377. The van der Waals surface area contributed by atoms with Crippen LogP contribution in [0.2, 0.25) is 0 Å². The Labute approximate surface area is 101 Å². The molecule has 0 bridgehead atoms. The van der Waals surface area contributed by atoms with Crippen molar-refractivity contribution in [2.75, 3.05) is 6.61 Å². The molecular formula is C11H21NO5. The van der Waals surface area contributed by atoms with Gasteiger partial charge in [0.05, 0.1) is 6.61 Å².